The normalized spacial score (nSPS) is 16.7. The van der Waals surface area contributed by atoms with E-state index in [1.165, 1.54) is 11.4 Å². The lowest BCUT2D eigenvalue weighted by molar-refractivity contribution is 0.0951. The second kappa shape index (κ2) is 8.08. The number of halogens is 1. The number of amides is 1. The predicted molar refractivity (Wildman–Crippen MR) is 113 cm³/mol. The van der Waals surface area contributed by atoms with Gasteiger partial charge in [-0.1, -0.05) is 28.1 Å². The number of rotatable bonds is 8. The summed E-state index contributed by atoms with van der Waals surface area (Å²) in [6.45, 7) is 0.257. The van der Waals surface area contributed by atoms with E-state index in [0.29, 0.717) is 21.8 Å². The predicted octanol–water partition coefficient (Wildman–Crippen LogP) is 3.70. The number of carbonyl (C=O) groups is 1. The molecule has 1 amide bonds. The van der Waals surface area contributed by atoms with Crippen LogP contribution in [0, 0.1) is 0 Å². The lowest BCUT2D eigenvalue weighted by Gasteiger charge is -2.23. The van der Waals surface area contributed by atoms with Gasteiger partial charge in [-0.15, -0.1) is 0 Å². The number of nitrogens with zero attached hydrogens (tertiary/aromatic N) is 1. The lowest BCUT2D eigenvalue weighted by Crippen LogP contribution is -2.33. The number of sulfonamides is 1. The first-order chi connectivity index (χ1) is 13.9. The molecule has 0 aromatic heterocycles. The zero-order valence-electron chi connectivity index (χ0n) is 16.1. The molecule has 2 saturated carbocycles. The summed E-state index contributed by atoms with van der Waals surface area (Å²) in [7, 11) is -2.27. The molecule has 2 aliphatic rings. The van der Waals surface area contributed by atoms with Gasteiger partial charge in [-0.2, -0.15) is 4.31 Å². The van der Waals surface area contributed by atoms with Gasteiger partial charge in [-0.3, -0.25) is 4.79 Å². The largest absolute Gasteiger partial charge is 0.495 e. The zero-order valence-corrected chi connectivity index (χ0v) is 18.5. The van der Waals surface area contributed by atoms with Gasteiger partial charge in [0.15, 0.2) is 0 Å². The number of hydrogen-bond acceptors (Lipinski definition) is 4. The van der Waals surface area contributed by atoms with Gasteiger partial charge in [0.25, 0.3) is 5.91 Å². The number of carbonyl (C=O) groups excluding carboxylic acids is 1. The summed E-state index contributed by atoms with van der Waals surface area (Å²) in [5.74, 6) is 0.246. The highest BCUT2D eigenvalue weighted by Crippen LogP contribution is 2.37. The van der Waals surface area contributed by atoms with E-state index in [4.69, 9.17) is 4.74 Å². The van der Waals surface area contributed by atoms with Crippen molar-refractivity contribution < 1.29 is 17.9 Å². The Balaban J connectivity index is 1.57. The van der Waals surface area contributed by atoms with Gasteiger partial charge in [0.2, 0.25) is 10.0 Å². The van der Waals surface area contributed by atoms with Crippen molar-refractivity contribution in [1.29, 1.82) is 0 Å². The Morgan fingerprint density at radius 3 is 2.41 bits per heavy atom. The van der Waals surface area contributed by atoms with Gasteiger partial charge in [-0.25, -0.2) is 8.42 Å². The zero-order chi connectivity index (χ0) is 20.6. The third kappa shape index (κ3) is 4.65. The molecule has 8 heteroatoms. The molecule has 2 aromatic rings. The van der Waals surface area contributed by atoms with Gasteiger partial charge in [0, 0.05) is 28.7 Å². The van der Waals surface area contributed by atoms with Crippen LogP contribution < -0.4 is 10.1 Å². The van der Waals surface area contributed by atoms with E-state index in [9.17, 15) is 13.2 Å². The topological polar surface area (TPSA) is 75.7 Å². The van der Waals surface area contributed by atoms with Crippen molar-refractivity contribution in [2.24, 2.45) is 0 Å². The second-order valence-electron chi connectivity index (χ2n) is 7.52. The Bertz CT molecular complexity index is 1020. The highest BCUT2D eigenvalue weighted by atomic mass is 79.9. The molecule has 0 radical (unpaired) electrons. The quantitative estimate of drug-likeness (QED) is 0.627. The summed E-state index contributed by atoms with van der Waals surface area (Å²) in [5, 5.41) is 2.96. The standard InChI is InChI=1S/C21H23BrN2O4S/c1-28-19-11-6-16(22)12-20(19)29(26,27)24(18-9-10-18)13-14-2-4-15(5-3-14)21(25)23-17-7-8-17/h2-6,11-12,17-18H,7-10,13H2,1H3,(H,23,25). The Labute approximate surface area is 179 Å². The molecule has 154 valence electrons. The Kier molecular flexibility index (Phi) is 5.68. The summed E-state index contributed by atoms with van der Waals surface area (Å²) in [5.41, 5.74) is 1.44. The first kappa shape index (κ1) is 20.4. The van der Waals surface area contributed by atoms with E-state index in [0.717, 1.165) is 31.2 Å². The van der Waals surface area contributed by atoms with Crippen LogP contribution in [0.1, 0.15) is 41.6 Å². The molecule has 0 atom stereocenters. The molecular formula is C21H23BrN2O4S. The fraction of sp³-hybridized carbons (Fsp3) is 0.381. The molecule has 1 N–H and O–H groups in total. The minimum absolute atomic E-state index is 0.0125. The Morgan fingerprint density at radius 1 is 1.14 bits per heavy atom. The second-order valence-corrected chi connectivity index (χ2v) is 10.3. The molecule has 4 rings (SSSR count). The van der Waals surface area contributed by atoms with Crippen molar-refractivity contribution in [3.63, 3.8) is 0 Å². The van der Waals surface area contributed by atoms with Crippen molar-refractivity contribution in [3.8, 4) is 5.75 Å². The van der Waals surface area contributed by atoms with Gasteiger partial charge < -0.3 is 10.1 Å². The van der Waals surface area contributed by atoms with E-state index in [2.05, 4.69) is 21.2 Å². The molecule has 0 spiro atoms. The summed E-state index contributed by atoms with van der Waals surface area (Å²) < 4.78 is 34.3. The monoisotopic (exact) mass is 478 g/mol. The maximum absolute atomic E-state index is 13.4. The fourth-order valence-corrected chi connectivity index (χ4v) is 5.56. The number of nitrogens with one attached hydrogen (secondary N) is 1. The highest BCUT2D eigenvalue weighted by molar-refractivity contribution is 9.10. The van der Waals surface area contributed by atoms with Gasteiger partial charge in [0.1, 0.15) is 10.6 Å². The third-order valence-electron chi connectivity index (χ3n) is 5.13. The number of ether oxygens (including phenoxy) is 1. The smallest absolute Gasteiger partial charge is 0.251 e. The summed E-state index contributed by atoms with van der Waals surface area (Å²) in [4.78, 5) is 12.3. The number of benzene rings is 2. The van der Waals surface area contributed by atoms with Crippen LogP contribution in [0.25, 0.3) is 0 Å². The summed E-state index contributed by atoms with van der Waals surface area (Å²) >= 11 is 3.35. The molecule has 0 heterocycles. The summed E-state index contributed by atoms with van der Waals surface area (Å²) in [6, 6.07) is 12.4. The molecule has 0 bridgehead atoms. The SMILES string of the molecule is COc1ccc(Br)cc1S(=O)(=O)N(Cc1ccc(C(=O)NC2CC2)cc1)C1CC1. The van der Waals surface area contributed by atoms with Crippen molar-refractivity contribution in [3.05, 3.63) is 58.1 Å². The lowest BCUT2D eigenvalue weighted by atomic mass is 10.1. The highest BCUT2D eigenvalue weighted by Gasteiger charge is 2.39. The van der Waals surface area contributed by atoms with Gasteiger partial charge in [0.05, 0.1) is 7.11 Å². The first-order valence-electron chi connectivity index (χ1n) is 9.63. The van der Waals surface area contributed by atoms with E-state index in [-0.39, 0.29) is 23.4 Å². The maximum atomic E-state index is 13.4. The average molecular weight is 479 g/mol. The number of hydrogen-bond donors (Lipinski definition) is 1. The minimum Gasteiger partial charge on any atom is -0.495 e. The molecule has 29 heavy (non-hydrogen) atoms. The van der Waals surface area contributed by atoms with Crippen LogP contribution in [0.2, 0.25) is 0 Å². The Hall–Kier alpha value is -1.90. The molecular weight excluding hydrogens is 456 g/mol. The van der Waals surface area contributed by atoms with E-state index >= 15 is 0 Å². The molecule has 2 aromatic carbocycles. The van der Waals surface area contributed by atoms with E-state index < -0.39 is 10.0 Å². The molecule has 6 nitrogen and oxygen atoms in total. The van der Waals surface area contributed by atoms with Gasteiger partial charge >= 0.3 is 0 Å². The first-order valence-corrected chi connectivity index (χ1v) is 11.9. The molecule has 0 unspecified atom stereocenters. The van der Waals surface area contributed by atoms with Crippen LogP contribution in [0.5, 0.6) is 5.75 Å². The summed E-state index contributed by atoms with van der Waals surface area (Å²) in [6.07, 6.45) is 3.77. The van der Waals surface area contributed by atoms with Gasteiger partial charge in [-0.05, 0) is 61.6 Å². The van der Waals surface area contributed by atoms with Crippen molar-refractivity contribution in [2.75, 3.05) is 7.11 Å². The maximum Gasteiger partial charge on any atom is 0.251 e. The molecule has 2 aliphatic carbocycles. The third-order valence-corrected chi connectivity index (χ3v) is 7.55. The minimum atomic E-state index is -3.74. The molecule has 0 aliphatic heterocycles. The number of methoxy groups -OCH3 is 1. The van der Waals surface area contributed by atoms with Crippen LogP contribution in [0.3, 0.4) is 0 Å². The van der Waals surface area contributed by atoms with Crippen LogP contribution in [0.4, 0.5) is 0 Å². The average Bonchev–Trinajstić information content (AvgIpc) is 3.61. The van der Waals surface area contributed by atoms with Crippen LogP contribution in [0.15, 0.2) is 51.8 Å². The van der Waals surface area contributed by atoms with Crippen molar-refractivity contribution in [1.82, 2.24) is 9.62 Å². The van der Waals surface area contributed by atoms with Crippen molar-refractivity contribution >= 4 is 31.9 Å². The van der Waals surface area contributed by atoms with Crippen LogP contribution >= 0.6 is 15.9 Å². The van der Waals surface area contributed by atoms with E-state index in [1.54, 1.807) is 30.3 Å². The fourth-order valence-electron chi connectivity index (χ4n) is 3.19. The van der Waals surface area contributed by atoms with Crippen LogP contribution in [-0.2, 0) is 16.6 Å². The Morgan fingerprint density at radius 2 is 1.83 bits per heavy atom. The van der Waals surface area contributed by atoms with Crippen molar-refractivity contribution in [2.45, 2.75) is 49.2 Å². The van der Waals surface area contributed by atoms with Crippen LogP contribution in [-0.4, -0.2) is 37.8 Å². The van der Waals surface area contributed by atoms with E-state index in [1.807, 2.05) is 12.1 Å². The molecule has 0 saturated heterocycles. The molecule has 2 fully saturated rings.